The number of carbonyl (C=O) groups is 1. The van der Waals surface area contributed by atoms with E-state index in [-0.39, 0.29) is 0 Å². The average Bonchev–Trinajstić information content (AvgIpc) is 2.68. The molecule has 2 rings (SSSR count). The Morgan fingerprint density at radius 2 is 1.94 bits per heavy atom. The molecule has 3 heteroatoms. The van der Waals surface area contributed by atoms with E-state index in [0.29, 0.717) is 23.8 Å². The van der Waals surface area contributed by atoms with E-state index < -0.39 is 0 Å². The zero-order chi connectivity index (χ0) is 12.3. The summed E-state index contributed by atoms with van der Waals surface area (Å²) >= 11 is 0. The van der Waals surface area contributed by atoms with Gasteiger partial charge in [0.05, 0.1) is 0 Å². The van der Waals surface area contributed by atoms with Crippen molar-refractivity contribution in [2.45, 2.75) is 52.0 Å². The van der Waals surface area contributed by atoms with Gasteiger partial charge in [0.15, 0.2) is 0 Å². The van der Waals surface area contributed by atoms with Gasteiger partial charge in [-0.05, 0) is 37.6 Å². The van der Waals surface area contributed by atoms with Gasteiger partial charge < -0.3 is 10.2 Å². The van der Waals surface area contributed by atoms with Crippen molar-refractivity contribution in [3.63, 3.8) is 0 Å². The summed E-state index contributed by atoms with van der Waals surface area (Å²) in [6.07, 6.45) is 5.63. The number of likely N-dealkylation sites (tertiary alicyclic amines) is 1. The molecule has 2 aliphatic heterocycles. The van der Waals surface area contributed by atoms with Crippen molar-refractivity contribution >= 4 is 5.91 Å². The molecule has 1 amide bonds. The molecule has 98 valence electrons. The van der Waals surface area contributed by atoms with Gasteiger partial charge in [0.1, 0.15) is 0 Å². The van der Waals surface area contributed by atoms with Crippen LogP contribution in [0.2, 0.25) is 0 Å². The summed E-state index contributed by atoms with van der Waals surface area (Å²) in [6, 6.07) is 0.588. The van der Waals surface area contributed by atoms with Gasteiger partial charge in [0.2, 0.25) is 5.91 Å². The summed E-state index contributed by atoms with van der Waals surface area (Å²) in [5, 5.41) is 3.51. The Morgan fingerprint density at radius 1 is 1.24 bits per heavy atom. The van der Waals surface area contributed by atoms with Gasteiger partial charge in [-0.3, -0.25) is 4.79 Å². The van der Waals surface area contributed by atoms with Crippen LogP contribution in [0.4, 0.5) is 0 Å². The first-order valence-corrected chi connectivity index (χ1v) is 7.18. The van der Waals surface area contributed by atoms with E-state index >= 15 is 0 Å². The minimum absolute atomic E-state index is 0.369. The molecule has 0 aromatic heterocycles. The topological polar surface area (TPSA) is 32.3 Å². The van der Waals surface area contributed by atoms with Crippen LogP contribution in [0.1, 0.15) is 46.0 Å². The van der Waals surface area contributed by atoms with Crippen LogP contribution in [-0.2, 0) is 4.79 Å². The molecule has 3 unspecified atom stereocenters. The van der Waals surface area contributed by atoms with Gasteiger partial charge in [-0.15, -0.1) is 0 Å². The fourth-order valence-electron chi connectivity index (χ4n) is 2.96. The first kappa shape index (κ1) is 12.9. The van der Waals surface area contributed by atoms with Gasteiger partial charge >= 0.3 is 0 Å². The maximum Gasteiger partial charge on any atom is 0.222 e. The first-order chi connectivity index (χ1) is 8.16. The lowest BCUT2D eigenvalue weighted by molar-refractivity contribution is -0.130. The Kier molecular flexibility index (Phi) is 4.43. The highest BCUT2D eigenvalue weighted by Gasteiger charge is 2.29. The number of amides is 1. The quantitative estimate of drug-likeness (QED) is 0.816. The molecule has 1 N–H and O–H groups in total. The maximum atomic E-state index is 12.1. The van der Waals surface area contributed by atoms with E-state index in [2.05, 4.69) is 24.1 Å². The Balaban J connectivity index is 1.70. The van der Waals surface area contributed by atoms with Crippen LogP contribution >= 0.6 is 0 Å². The number of nitrogens with one attached hydrogen (secondary N) is 1. The van der Waals surface area contributed by atoms with Crippen molar-refractivity contribution in [1.82, 2.24) is 10.2 Å². The molecule has 2 aliphatic rings. The molecule has 0 radical (unpaired) electrons. The lowest BCUT2D eigenvalue weighted by Crippen LogP contribution is -2.36. The van der Waals surface area contributed by atoms with Gasteiger partial charge in [0, 0.05) is 25.6 Å². The third-order valence-corrected chi connectivity index (χ3v) is 4.46. The smallest absolute Gasteiger partial charge is 0.222 e. The highest BCUT2D eigenvalue weighted by Crippen LogP contribution is 2.23. The largest absolute Gasteiger partial charge is 0.342 e. The number of hydrogen-bond donors (Lipinski definition) is 1. The predicted octanol–water partition coefficient (Wildman–Crippen LogP) is 2.02. The summed E-state index contributed by atoms with van der Waals surface area (Å²) in [5.41, 5.74) is 0. The van der Waals surface area contributed by atoms with Gasteiger partial charge in [-0.2, -0.15) is 0 Å². The molecule has 0 bridgehead atoms. The molecule has 0 spiro atoms. The number of nitrogens with zero attached hydrogens (tertiary/aromatic N) is 1. The van der Waals surface area contributed by atoms with Crippen molar-refractivity contribution in [2.75, 3.05) is 19.6 Å². The Morgan fingerprint density at radius 3 is 2.53 bits per heavy atom. The fourth-order valence-corrected chi connectivity index (χ4v) is 2.96. The second-order valence-electron chi connectivity index (χ2n) is 5.94. The Bertz CT molecular complexity index is 251. The molecule has 0 aromatic rings. The van der Waals surface area contributed by atoms with E-state index in [9.17, 15) is 4.79 Å². The van der Waals surface area contributed by atoms with Crippen molar-refractivity contribution in [2.24, 2.45) is 11.8 Å². The first-order valence-electron chi connectivity index (χ1n) is 7.18. The maximum absolute atomic E-state index is 12.1. The van der Waals surface area contributed by atoms with Crippen molar-refractivity contribution in [3.8, 4) is 0 Å². The van der Waals surface area contributed by atoms with Crippen LogP contribution in [0.5, 0.6) is 0 Å². The molecule has 0 aliphatic carbocycles. The molecule has 17 heavy (non-hydrogen) atoms. The Labute approximate surface area is 105 Å². The molecule has 3 atom stereocenters. The van der Waals surface area contributed by atoms with E-state index in [1.807, 2.05) is 0 Å². The van der Waals surface area contributed by atoms with E-state index in [0.717, 1.165) is 32.5 Å². The van der Waals surface area contributed by atoms with Crippen molar-refractivity contribution in [1.29, 1.82) is 0 Å². The van der Waals surface area contributed by atoms with E-state index in [1.54, 1.807) is 0 Å². The molecule has 0 saturated carbocycles. The summed E-state index contributed by atoms with van der Waals surface area (Å²) in [5.74, 6) is 1.71. The van der Waals surface area contributed by atoms with Crippen LogP contribution in [0.15, 0.2) is 0 Å². The third kappa shape index (κ3) is 3.44. The SMILES string of the molecule is CC1CN(C(=O)CCC2CCCCN2)CC1C. The van der Waals surface area contributed by atoms with Crippen LogP contribution in [0, 0.1) is 11.8 Å². The molecule has 2 fully saturated rings. The highest BCUT2D eigenvalue weighted by atomic mass is 16.2. The fraction of sp³-hybridized carbons (Fsp3) is 0.929. The Hall–Kier alpha value is -0.570. The van der Waals surface area contributed by atoms with Crippen molar-refractivity contribution in [3.05, 3.63) is 0 Å². The second-order valence-corrected chi connectivity index (χ2v) is 5.94. The normalized spacial score (nSPS) is 34.0. The zero-order valence-electron chi connectivity index (χ0n) is 11.2. The zero-order valence-corrected chi connectivity index (χ0v) is 11.2. The molecular formula is C14H26N2O. The predicted molar refractivity (Wildman–Crippen MR) is 69.8 cm³/mol. The lowest BCUT2D eigenvalue weighted by atomic mass is 10.0. The number of carbonyl (C=O) groups excluding carboxylic acids is 1. The molecule has 2 heterocycles. The lowest BCUT2D eigenvalue weighted by Gasteiger charge is -2.24. The van der Waals surface area contributed by atoms with Crippen LogP contribution in [0.3, 0.4) is 0 Å². The standard InChI is InChI=1S/C14H26N2O/c1-11-9-16(10-12(11)2)14(17)7-6-13-5-3-4-8-15-13/h11-13,15H,3-10H2,1-2H3. The number of hydrogen-bond acceptors (Lipinski definition) is 2. The number of piperidine rings is 1. The van der Waals surface area contributed by atoms with E-state index in [4.69, 9.17) is 0 Å². The van der Waals surface area contributed by atoms with Crippen molar-refractivity contribution < 1.29 is 4.79 Å². The monoisotopic (exact) mass is 238 g/mol. The molecular weight excluding hydrogens is 212 g/mol. The third-order valence-electron chi connectivity index (χ3n) is 4.46. The number of rotatable bonds is 3. The molecule has 3 nitrogen and oxygen atoms in total. The van der Waals surface area contributed by atoms with E-state index in [1.165, 1.54) is 19.3 Å². The minimum atomic E-state index is 0.369. The van der Waals surface area contributed by atoms with Gasteiger partial charge in [-0.25, -0.2) is 0 Å². The average molecular weight is 238 g/mol. The van der Waals surface area contributed by atoms with Crippen LogP contribution in [-0.4, -0.2) is 36.5 Å². The van der Waals surface area contributed by atoms with Gasteiger partial charge in [-0.1, -0.05) is 20.3 Å². The summed E-state index contributed by atoms with van der Waals surface area (Å²) in [6.45, 7) is 7.58. The summed E-state index contributed by atoms with van der Waals surface area (Å²) in [7, 11) is 0. The summed E-state index contributed by atoms with van der Waals surface area (Å²) < 4.78 is 0. The van der Waals surface area contributed by atoms with Crippen LogP contribution < -0.4 is 5.32 Å². The molecule has 2 saturated heterocycles. The highest BCUT2D eigenvalue weighted by molar-refractivity contribution is 5.76. The minimum Gasteiger partial charge on any atom is -0.342 e. The van der Waals surface area contributed by atoms with Crippen LogP contribution in [0.25, 0.3) is 0 Å². The van der Waals surface area contributed by atoms with Gasteiger partial charge in [0.25, 0.3) is 0 Å². The molecule has 0 aromatic carbocycles. The summed E-state index contributed by atoms with van der Waals surface area (Å²) in [4.78, 5) is 14.1. The second kappa shape index (κ2) is 5.85.